The van der Waals surface area contributed by atoms with E-state index in [1.807, 2.05) is 23.5 Å². The van der Waals surface area contributed by atoms with Gasteiger partial charge in [-0.15, -0.1) is 0 Å². The summed E-state index contributed by atoms with van der Waals surface area (Å²) in [6.45, 7) is 0. The van der Waals surface area contributed by atoms with Crippen LogP contribution in [-0.2, 0) is 0 Å². The summed E-state index contributed by atoms with van der Waals surface area (Å²) in [5, 5.41) is 5.17. The van der Waals surface area contributed by atoms with Crippen LogP contribution in [0.15, 0.2) is 189 Å². The number of aromatic nitrogens is 2. The van der Waals surface area contributed by atoms with E-state index in [0.29, 0.717) is 0 Å². The van der Waals surface area contributed by atoms with E-state index in [0.717, 1.165) is 0 Å². The third kappa shape index (κ3) is 4.05. The number of rotatable bonds is 3. The molecule has 0 bridgehead atoms. The molecule has 0 fully saturated rings. The van der Waals surface area contributed by atoms with E-state index >= 15 is 0 Å². The standard InChI is InChI=1S/C48H28N2S2/c1-3-9-29(10-4-1)33-19-23-43-41(27-33)49-39-21-17-31(25-37(39)35-13-7-15-45(51-43)47(35)49)32-18-22-40-38(26-32)36-14-8-16-46-48(36)50(40)42-28-34(20-24-44(42)52-46)30-11-5-2-6-12-30/h1-28H. The summed E-state index contributed by atoms with van der Waals surface area (Å²) in [7, 11) is 0. The molecule has 0 saturated heterocycles. The quantitative estimate of drug-likeness (QED) is 0.182. The van der Waals surface area contributed by atoms with Gasteiger partial charge < -0.3 is 9.13 Å². The van der Waals surface area contributed by atoms with Crippen LogP contribution in [0.25, 0.3) is 88.4 Å². The van der Waals surface area contributed by atoms with Crippen molar-refractivity contribution in [2.45, 2.75) is 19.6 Å². The van der Waals surface area contributed by atoms with Crippen molar-refractivity contribution in [3.8, 4) is 44.8 Å². The maximum atomic E-state index is 2.49. The smallest absolute Gasteiger partial charge is 0.0681 e. The minimum atomic E-state index is 1.23. The Hall–Kier alpha value is -5.94. The highest BCUT2D eigenvalue weighted by Crippen LogP contribution is 2.50. The van der Waals surface area contributed by atoms with Crippen molar-refractivity contribution in [2.75, 3.05) is 0 Å². The Morgan fingerprint density at radius 3 is 1.17 bits per heavy atom. The number of benzene rings is 8. The molecule has 242 valence electrons. The van der Waals surface area contributed by atoms with Crippen LogP contribution in [0.1, 0.15) is 0 Å². The van der Waals surface area contributed by atoms with Crippen molar-refractivity contribution in [2.24, 2.45) is 0 Å². The van der Waals surface area contributed by atoms with Crippen LogP contribution >= 0.6 is 23.5 Å². The van der Waals surface area contributed by atoms with Gasteiger partial charge in [0.15, 0.2) is 0 Å². The highest BCUT2D eigenvalue weighted by molar-refractivity contribution is 8.00. The Kier molecular flexibility index (Phi) is 5.96. The largest absolute Gasteiger partial charge is 0.307 e. The molecule has 2 aromatic heterocycles. The fourth-order valence-corrected chi connectivity index (χ4v) is 10.7. The lowest BCUT2D eigenvalue weighted by molar-refractivity contribution is 1.09. The van der Waals surface area contributed by atoms with Crippen LogP contribution in [0.4, 0.5) is 0 Å². The Morgan fingerprint density at radius 1 is 0.288 bits per heavy atom. The second-order valence-electron chi connectivity index (χ2n) is 13.7. The van der Waals surface area contributed by atoms with Gasteiger partial charge >= 0.3 is 0 Å². The molecule has 8 aromatic carbocycles. The molecule has 4 heterocycles. The number of hydrogen-bond acceptors (Lipinski definition) is 2. The second kappa shape index (κ2) is 10.8. The molecule has 12 rings (SSSR count). The van der Waals surface area contributed by atoms with Crippen LogP contribution in [0.5, 0.6) is 0 Å². The van der Waals surface area contributed by atoms with Crippen LogP contribution < -0.4 is 0 Å². The maximum Gasteiger partial charge on any atom is 0.0681 e. The van der Waals surface area contributed by atoms with E-state index in [1.165, 1.54) is 108 Å². The van der Waals surface area contributed by atoms with Gasteiger partial charge in [0.2, 0.25) is 0 Å². The van der Waals surface area contributed by atoms with Gasteiger partial charge in [-0.25, -0.2) is 0 Å². The number of para-hydroxylation sites is 2. The normalized spacial score (nSPS) is 12.8. The number of nitrogens with zero attached hydrogens (tertiary/aromatic N) is 2. The van der Waals surface area contributed by atoms with Crippen molar-refractivity contribution >= 4 is 67.1 Å². The van der Waals surface area contributed by atoms with Gasteiger partial charge in [-0.2, -0.15) is 0 Å². The number of hydrogen-bond donors (Lipinski definition) is 0. The summed E-state index contributed by atoms with van der Waals surface area (Å²) in [4.78, 5) is 5.18. The molecule has 4 heteroatoms. The maximum absolute atomic E-state index is 2.49. The SMILES string of the molecule is c1ccc(-c2ccc3c(c2)-n2c4ccc(-c5ccc6c(c5)c5cccc7c5n6-c5cc(-c6ccccc6)ccc5S7)cc4c4cccc(c42)S3)cc1. The molecule has 0 saturated carbocycles. The summed E-state index contributed by atoms with van der Waals surface area (Å²) >= 11 is 3.76. The Labute approximate surface area is 309 Å². The van der Waals surface area contributed by atoms with E-state index in [2.05, 4.69) is 179 Å². The molecule has 2 nitrogen and oxygen atoms in total. The molecular weight excluding hydrogens is 669 g/mol. The summed E-state index contributed by atoms with van der Waals surface area (Å²) in [5.74, 6) is 0. The lowest BCUT2D eigenvalue weighted by Crippen LogP contribution is -2.02. The molecule has 0 aliphatic carbocycles. The molecule has 0 radical (unpaired) electrons. The van der Waals surface area contributed by atoms with Crippen molar-refractivity contribution in [3.05, 3.63) is 170 Å². The molecule has 0 amide bonds. The molecule has 0 N–H and O–H groups in total. The Morgan fingerprint density at radius 2 is 0.712 bits per heavy atom. The molecule has 0 unspecified atom stereocenters. The van der Waals surface area contributed by atoms with Gasteiger partial charge in [-0.05, 0) is 94.0 Å². The number of fused-ring (bicyclic) bond motifs is 10. The predicted octanol–water partition coefficient (Wildman–Crippen LogP) is 13.8. The molecule has 2 aliphatic rings. The van der Waals surface area contributed by atoms with Gasteiger partial charge in [-0.3, -0.25) is 0 Å². The van der Waals surface area contributed by atoms with Crippen LogP contribution in [-0.4, -0.2) is 9.13 Å². The minimum Gasteiger partial charge on any atom is -0.307 e. The summed E-state index contributed by atoms with van der Waals surface area (Å²) in [6, 6.07) is 62.9. The fourth-order valence-electron chi connectivity index (χ4n) is 8.51. The minimum absolute atomic E-state index is 1.23. The third-order valence-corrected chi connectivity index (χ3v) is 13.1. The lowest BCUT2D eigenvalue weighted by atomic mass is 10.0. The molecule has 10 aromatic rings. The van der Waals surface area contributed by atoms with E-state index in [-0.39, 0.29) is 0 Å². The van der Waals surface area contributed by atoms with Gasteiger partial charge in [0, 0.05) is 41.1 Å². The van der Waals surface area contributed by atoms with Crippen molar-refractivity contribution in [3.63, 3.8) is 0 Å². The summed E-state index contributed by atoms with van der Waals surface area (Å²) in [5.41, 5.74) is 15.0. The first-order valence-electron chi connectivity index (χ1n) is 17.7. The Bertz CT molecular complexity index is 2900. The second-order valence-corrected chi connectivity index (χ2v) is 15.9. The van der Waals surface area contributed by atoms with Gasteiger partial charge in [0.25, 0.3) is 0 Å². The predicted molar refractivity (Wildman–Crippen MR) is 220 cm³/mol. The molecule has 2 aliphatic heterocycles. The monoisotopic (exact) mass is 696 g/mol. The summed E-state index contributed by atoms with van der Waals surface area (Å²) < 4.78 is 4.99. The van der Waals surface area contributed by atoms with E-state index in [4.69, 9.17) is 0 Å². The topological polar surface area (TPSA) is 9.86 Å². The summed E-state index contributed by atoms with van der Waals surface area (Å²) in [6.07, 6.45) is 0. The Balaban J connectivity index is 1.04. The first-order valence-corrected chi connectivity index (χ1v) is 19.3. The van der Waals surface area contributed by atoms with Crippen molar-refractivity contribution in [1.29, 1.82) is 0 Å². The third-order valence-electron chi connectivity index (χ3n) is 10.9. The molecule has 0 atom stereocenters. The van der Waals surface area contributed by atoms with E-state index in [1.54, 1.807) is 0 Å². The van der Waals surface area contributed by atoms with Crippen LogP contribution in [0.3, 0.4) is 0 Å². The van der Waals surface area contributed by atoms with Crippen LogP contribution in [0, 0.1) is 0 Å². The zero-order valence-electron chi connectivity index (χ0n) is 27.9. The van der Waals surface area contributed by atoms with E-state index < -0.39 is 0 Å². The molecule has 0 spiro atoms. The van der Waals surface area contributed by atoms with Gasteiger partial charge in [0.1, 0.15) is 0 Å². The first-order chi connectivity index (χ1) is 25.8. The van der Waals surface area contributed by atoms with Crippen molar-refractivity contribution < 1.29 is 0 Å². The first kappa shape index (κ1) is 28.7. The van der Waals surface area contributed by atoms with Crippen molar-refractivity contribution in [1.82, 2.24) is 9.13 Å². The van der Waals surface area contributed by atoms with E-state index in [9.17, 15) is 0 Å². The zero-order valence-corrected chi connectivity index (χ0v) is 29.5. The molecular formula is C48H28N2S2. The average Bonchev–Trinajstić information content (AvgIpc) is 3.73. The molecule has 52 heavy (non-hydrogen) atoms. The highest BCUT2D eigenvalue weighted by atomic mass is 32.2. The highest BCUT2D eigenvalue weighted by Gasteiger charge is 2.26. The van der Waals surface area contributed by atoms with Gasteiger partial charge in [0.05, 0.1) is 33.4 Å². The zero-order chi connectivity index (χ0) is 33.9. The lowest BCUT2D eigenvalue weighted by Gasteiger charge is -2.21. The average molecular weight is 697 g/mol. The van der Waals surface area contributed by atoms with Crippen LogP contribution in [0.2, 0.25) is 0 Å². The fraction of sp³-hybridized carbons (Fsp3) is 0. The van der Waals surface area contributed by atoms with Gasteiger partial charge in [-0.1, -0.05) is 133 Å².